The molecule has 0 fully saturated rings. The number of alkyl halides is 1. The third-order valence-corrected chi connectivity index (χ3v) is 3.54. The second kappa shape index (κ2) is 5.97. The highest BCUT2D eigenvalue weighted by Gasteiger charge is 2.20. The summed E-state index contributed by atoms with van der Waals surface area (Å²) in [5, 5.41) is 3.52. The molecule has 0 aliphatic carbocycles. The van der Waals surface area contributed by atoms with Gasteiger partial charge in [0.25, 0.3) is 0 Å². The minimum Gasteiger partial charge on any atom is -0.496 e. The van der Waals surface area contributed by atoms with E-state index in [4.69, 9.17) is 20.9 Å². The topological polar surface area (TPSA) is 48.2 Å². The molecule has 1 heterocycles. The van der Waals surface area contributed by atoms with Crippen LogP contribution in [0.4, 0.5) is 0 Å². The lowest BCUT2D eigenvalue weighted by atomic mass is 10.1. The molecular weight excluding hydrogens is 288 g/mol. The van der Waals surface area contributed by atoms with Crippen LogP contribution in [0.5, 0.6) is 5.75 Å². The van der Waals surface area contributed by atoms with E-state index in [1.165, 1.54) is 0 Å². The lowest BCUT2D eigenvalue weighted by molar-refractivity contribution is 0.382. The number of ether oxygens (including phenoxy) is 1. The van der Waals surface area contributed by atoms with E-state index in [0.29, 0.717) is 17.5 Å². The van der Waals surface area contributed by atoms with Crippen LogP contribution >= 0.6 is 11.6 Å². The monoisotopic (exact) mass is 300 g/mol. The van der Waals surface area contributed by atoms with Crippen molar-refractivity contribution in [3.8, 4) is 17.1 Å². The lowest BCUT2D eigenvalue weighted by Crippen LogP contribution is -1.93. The maximum Gasteiger partial charge on any atom is 0.249 e. The van der Waals surface area contributed by atoms with E-state index < -0.39 is 5.38 Å². The van der Waals surface area contributed by atoms with Gasteiger partial charge in [0, 0.05) is 0 Å². The molecule has 0 N–H and O–H groups in total. The number of para-hydroxylation sites is 1. The van der Waals surface area contributed by atoms with Gasteiger partial charge in [-0.25, -0.2) is 0 Å². The summed E-state index contributed by atoms with van der Waals surface area (Å²) >= 11 is 6.38. The van der Waals surface area contributed by atoms with Crippen molar-refractivity contribution in [3.05, 3.63) is 66.1 Å². The molecule has 0 aliphatic rings. The molecule has 2 aromatic carbocycles. The second-order valence-corrected chi connectivity index (χ2v) is 4.87. The Kier molecular flexibility index (Phi) is 3.88. The fraction of sp³-hybridized carbons (Fsp3) is 0.125. The number of methoxy groups -OCH3 is 1. The molecule has 0 saturated carbocycles. The van der Waals surface area contributed by atoms with Crippen molar-refractivity contribution in [2.45, 2.75) is 5.38 Å². The molecule has 0 spiro atoms. The Bertz CT molecular complexity index is 728. The van der Waals surface area contributed by atoms with Crippen molar-refractivity contribution >= 4 is 11.6 Å². The van der Waals surface area contributed by atoms with Crippen molar-refractivity contribution in [1.29, 1.82) is 0 Å². The average Bonchev–Trinajstić information content (AvgIpc) is 3.04. The van der Waals surface area contributed by atoms with Crippen molar-refractivity contribution in [3.63, 3.8) is 0 Å². The molecule has 21 heavy (non-hydrogen) atoms. The Labute approximate surface area is 127 Å². The highest BCUT2D eigenvalue weighted by Crippen LogP contribution is 2.31. The molecular formula is C16H13ClN2O2. The molecule has 0 bridgehead atoms. The van der Waals surface area contributed by atoms with E-state index in [1.54, 1.807) is 7.11 Å². The minimum absolute atomic E-state index is 0.365. The third kappa shape index (κ3) is 2.76. The standard InChI is InChI=1S/C16H13ClN2O2/c1-20-13-10-6-5-9-12(13)15-18-16(21-19-15)14(17)11-7-3-2-4-8-11/h2-10,14H,1H3. The van der Waals surface area contributed by atoms with Crippen LogP contribution in [-0.2, 0) is 0 Å². The molecule has 106 valence electrons. The quantitative estimate of drug-likeness (QED) is 0.681. The number of rotatable bonds is 4. The van der Waals surface area contributed by atoms with Crippen LogP contribution in [0.3, 0.4) is 0 Å². The summed E-state index contributed by atoms with van der Waals surface area (Å²) in [6, 6.07) is 17.1. The van der Waals surface area contributed by atoms with Crippen molar-refractivity contribution in [1.82, 2.24) is 10.1 Å². The number of nitrogens with zero attached hydrogens (tertiary/aromatic N) is 2. The van der Waals surface area contributed by atoms with E-state index in [2.05, 4.69) is 10.1 Å². The summed E-state index contributed by atoms with van der Waals surface area (Å²) in [7, 11) is 1.61. The van der Waals surface area contributed by atoms with Gasteiger partial charge in [-0.3, -0.25) is 0 Å². The predicted octanol–water partition coefficient (Wildman–Crippen LogP) is 4.07. The lowest BCUT2D eigenvalue weighted by Gasteiger charge is -2.04. The molecule has 0 saturated heterocycles. The van der Waals surface area contributed by atoms with Crippen LogP contribution in [0.25, 0.3) is 11.4 Å². The van der Waals surface area contributed by atoms with Gasteiger partial charge in [-0.2, -0.15) is 4.98 Å². The van der Waals surface area contributed by atoms with Crippen LogP contribution in [0.1, 0.15) is 16.8 Å². The average molecular weight is 301 g/mol. The van der Waals surface area contributed by atoms with Gasteiger partial charge in [0.15, 0.2) is 0 Å². The molecule has 5 heteroatoms. The molecule has 3 aromatic rings. The van der Waals surface area contributed by atoms with E-state index in [-0.39, 0.29) is 0 Å². The van der Waals surface area contributed by atoms with Gasteiger partial charge in [-0.1, -0.05) is 47.6 Å². The molecule has 1 unspecified atom stereocenters. The summed E-state index contributed by atoms with van der Waals surface area (Å²) in [6.45, 7) is 0. The predicted molar refractivity (Wildman–Crippen MR) is 80.4 cm³/mol. The third-order valence-electron chi connectivity index (χ3n) is 3.10. The molecule has 3 rings (SSSR count). The maximum absolute atomic E-state index is 6.38. The Hall–Kier alpha value is -2.33. The summed E-state index contributed by atoms with van der Waals surface area (Å²) in [6.07, 6.45) is 0. The molecule has 0 aliphatic heterocycles. The van der Waals surface area contributed by atoms with E-state index >= 15 is 0 Å². The summed E-state index contributed by atoms with van der Waals surface area (Å²) in [5.41, 5.74) is 1.68. The van der Waals surface area contributed by atoms with Gasteiger partial charge in [0.2, 0.25) is 11.7 Å². The number of benzene rings is 2. The first-order valence-corrected chi connectivity index (χ1v) is 6.89. The highest BCUT2D eigenvalue weighted by molar-refractivity contribution is 6.22. The van der Waals surface area contributed by atoms with Crippen LogP contribution in [0, 0.1) is 0 Å². The number of hydrogen-bond donors (Lipinski definition) is 0. The molecule has 1 atom stereocenters. The zero-order valence-corrected chi connectivity index (χ0v) is 12.1. The summed E-state index contributed by atoms with van der Waals surface area (Å²) in [4.78, 5) is 4.38. The number of halogens is 1. The van der Waals surface area contributed by atoms with Crippen LogP contribution in [-0.4, -0.2) is 17.3 Å². The Morgan fingerprint density at radius 1 is 1.05 bits per heavy atom. The van der Waals surface area contributed by atoms with Crippen LogP contribution in [0.15, 0.2) is 59.1 Å². The van der Waals surface area contributed by atoms with Gasteiger partial charge >= 0.3 is 0 Å². The van der Waals surface area contributed by atoms with Crippen molar-refractivity contribution in [2.75, 3.05) is 7.11 Å². The van der Waals surface area contributed by atoms with E-state index in [0.717, 1.165) is 11.1 Å². The normalized spacial score (nSPS) is 12.1. The van der Waals surface area contributed by atoms with Gasteiger partial charge in [0.05, 0.1) is 12.7 Å². The first kappa shape index (κ1) is 13.6. The minimum atomic E-state index is -0.470. The smallest absolute Gasteiger partial charge is 0.249 e. The van der Waals surface area contributed by atoms with Crippen molar-refractivity contribution in [2.24, 2.45) is 0 Å². The Morgan fingerprint density at radius 3 is 2.52 bits per heavy atom. The van der Waals surface area contributed by atoms with E-state index in [1.807, 2.05) is 54.6 Å². The number of hydrogen-bond acceptors (Lipinski definition) is 4. The summed E-state index contributed by atoms with van der Waals surface area (Å²) < 4.78 is 10.6. The van der Waals surface area contributed by atoms with Gasteiger partial charge in [-0.15, -0.1) is 11.6 Å². The molecule has 1 aromatic heterocycles. The number of aromatic nitrogens is 2. The Balaban J connectivity index is 1.93. The largest absolute Gasteiger partial charge is 0.496 e. The summed E-state index contributed by atoms with van der Waals surface area (Å²) in [5.74, 6) is 1.52. The zero-order valence-electron chi connectivity index (χ0n) is 11.4. The molecule has 0 amide bonds. The SMILES string of the molecule is COc1ccccc1-c1noc(C(Cl)c2ccccc2)n1. The van der Waals surface area contributed by atoms with Crippen molar-refractivity contribution < 1.29 is 9.26 Å². The van der Waals surface area contributed by atoms with E-state index in [9.17, 15) is 0 Å². The zero-order chi connectivity index (χ0) is 14.7. The molecule has 0 radical (unpaired) electrons. The first-order chi connectivity index (χ1) is 10.3. The fourth-order valence-corrected chi connectivity index (χ4v) is 2.28. The second-order valence-electron chi connectivity index (χ2n) is 4.43. The van der Waals surface area contributed by atoms with Gasteiger partial charge in [0.1, 0.15) is 11.1 Å². The van der Waals surface area contributed by atoms with Crippen LogP contribution < -0.4 is 4.74 Å². The maximum atomic E-state index is 6.38. The van der Waals surface area contributed by atoms with Crippen LogP contribution in [0.2, 0.25) is 0 Å². The fourth-order valence-electron chi connectivity index (χ4n) is 2.04. The molecule has 4 nitrogen and oxygen atoms in total. The Morgan fingerprint density at radius 2 is 1.76 bits per heavy atom. The van der Waals surface area contributed by atoms with Gasteiger partial charge in [-0.05, 0) is 17.7 Å². The van der Waals surface area contributed by atoms with Gasteiger partial charge < -0.3 is 9.26 Å². The first-order valence-electron chi connectivity index (χ1n) is 6.45. The highest BCUT2D eigenvalue weighted by atomic mass is 35.5.